The van der Waals surface area contributed by atoms with Crippen molar-refractivity contribution in [2.24, 2.45) is 0 Å². The Labute approximate surface area is 98.6 Å². The minimum absolute atomic E-state index is 0.158. The molecular weight excluding hydrogens is 233 g/mol. The third-order valence-electron chi connectivity index (χ3n) is 2.16. The molecule has 0 bridgehead atoms. The van der Waals surface area contributed by atoms with Crippen molar-refractivity contribution in [2.45, 2.75) is 26.2 Å². The molecule has 0 fully saturated rings. The lowest BCUT2D eigenvalue weighted by molar-refractivity contribution is -0.144. The number of alkyl halides is 3. The van der Waals surface area contributed by atoms with Gasteiger partial charge in [0.05, 0.1) is 19.4 Å². The largest absolute Gasteiger partial charge is 0.468 e. The number of hydrogen-bond donors (Lipinski definition) is 1. The third kappa shape index (κ3) is 5.74. The van der Waals surface area contributed by atoms with Gasteiger partial charge in [0.2, 0.25) is 0 Å². The van der Waals surface area contributed by atoms with Crippen LogP contribution in [0.15, 0.2) is 16.7 Å². The van der Waals surface area contributed by atoms with Crippen molar-refractivity contribution < 1.29 is 17.6 Å². The Hall–Kier alpha value is -1.01. The predicted octanol–water partition coefficient (Wildman–Crippen LogP) is 2.38. The SMILES string of the molecule is CCNCc1coc(CN(C)CC(F)(F)F)c1. The summed E-state index contributed by atoms with van der Waals surface area (Å²) in [7, 11) is 1.42. The van der Waals surface area contributed by atoms with Gasteiger partial charge in [-0.2, -0.15) is 13.2 Å². The number of furan rings is 1. The quantitative estimate of drug-likeness (QED) is 0.840. The van der Waals surface area contributed by atoms with E-state index in [1.807, 2.05) is 6.92 Å². The topological polar surface area (TPSA) is 28.4 Å². The fourth-order valence-electron chi connectivity index (χ4n) is 1.50. The minimum Gasteiger partial charge on any atom is -0.468 e. The molecular formula is C11H17F3N2O. The second-order valence-corrected chi connectivity index (χ2v) is 3.99. The second kappa shape index (κ2) is 6.07. The van der Waals surface area contributed by atoms with Crippen LogP contribution in [0.25, 0.3) is 0 Å². The van der Waals surface area contributed by atoms with E-state index in [0.29, 0.717) is 12.3 Å². The molecule has 0 amide bonds. The highest BCUT2D eigenvalue weighted by atomic mass is 19.4. The highest BCUT2D eigenvalue weighted by Gasteiger charge is 2.29. The summed E-state index contributed by atoms with van der Waals surface area (Å²) in [5.41, 5.74) is 0.947. The van der Waals surface area contributed by atoms with Gasteiger partial charge >= 0.3 is 6.18 Å². The highest BCUT2D eigenvalue weighted by molar-refractivity contribution is 5.12. The van der Waals surface area contributed by atoms with Crippen molar-refractivity contribution in [1.82, 2.24) is 10.2 Å². The Kier molecular flexibility index (Phi) is 5.02. The first-order valence-corrected chi connectivity index (χ1v) is 5.43. The summed E-state index contributed by atoms with van der Waals surface area (Å²) in [4.78, 5) is 1.18. The van der Waals surface area contributed by atoms with E-state index in [4.69, 9.17) is 4.42 Å². The summed E-state index contributed by atoms with van der Waals surface area (Å²) in [6.45, 7) is 2.72. The van der Waals surface area contributed by atoms with Crippen molar-refractivity contribution in [1.29, 1.82) is 0 Å². The summed E-state index contributed by atoms with van der Waals surface area (Å²) < 4.78 is 41.5. The van der Waals surface area contributed by atoms with Crippen molar-refractivity contribution >= 4 is 0 Å². The monoisotopic (exact) mass is 250 g/mol. The molecule has 1 aromatic rings. The lowest BCUT2D eigenvalue weighted by Gasteiger charge is -2.16. The third-order valence-corrected chi connectivity index (χ3v) is 2.16. The van der Waals surface area contributed by atoms with Gasteiger partial charge in [0.25, 0.3) is 0 Å². The van der Waals surface area contributed by atoms with Crippen molar-refractivity contribution in [3.05, 3.63) is 23.7 Å². The maximum Gasteiger partial charge on any atom is 0.401 e. The number of nitrogens with zero attached hydrogens (tertiary/aromatic N) is 1. The second-order valence-electron chi connectivity index (χ2n) is 3.99. The van der Waals surface area contributed by atoms with Crippen molar-refractivity contribution in [3.8, 4) is 0 Å². The van der Waals surface area contributed by atoms with Gasteiger partial charge in [-0.15, -0.1) is 0 Å². The van der Waals surface area contributed by atoms with E-state index in [-0.39, 0.29) is 6.54 Å². The molecule has 17 heavy (non-hydrogen) atoms. The maximum atomic E-state index is 12.1. The fourth-order valence-corrected chi connectivity index (χ4v) is 1.50. The number of halogens is 3. The van der Waals surface area contributed by atoms with Crippen LogP contribution in [0.4, 0.5) is 13.2 Å². The molecule has 6 heteroatoms. The molecule has 0 unspecified atom stereocenters. The van der Waals surface area contributed by atoms with Gasteiger partial charge in [0.1, 0.15) is 5.76 Å². The Morgan fingerprint density at radius 1 is 1.41 bits per heavy atom. The Bertz CT molecular complexity index is 336. The van der Waals surface area contributed by atoms with Crippen LogP contribution in [0.1, 0.15) is 18.2 Å². The Balaban J connectivity index is 2.43. The van der Waals surface area contributed by atoms with Crippen LogP contribution in [0, 0.1) is 0 Å². The fraction of sp³-hybridized carbons (Fsp3) is 0.636. The molecule has 0 radical (unpaired) electrons. The Morgan fingerprint density at radius 3 is 2.71 bits per heavy atom. The van der Waals surface area contributed by atoms with Gasteiger partial charge in [0.15, 0.2) is 0 Å². The van der Waals surface area contributed by atoms with Crippen LogP contribution >= 0.6 is 0 Å². The summed E-state index contributed by atoms with van der Waals surface area (Å²) in [5.74, 6) is 0.546. The van der Waals surface area contributed by atoms with E-state index in [9.17, 15) is 13.2 Å². The Morgan fingerprint density at radius 2 is 2.12 bits per heavy atom. The molecule has 0 saturated carbocycles. The first-order chi connectivity index (χ1) is 7.90. The van der Waals surface area contributed by atoms with Crippen molar-refractivity contribution in [3.63, 3.8) is 0 Å². The van der Waals surface area contributed by atoms with E-state index in [1.165, 1.54) is 11.9 Å². The van der Waals surface area contributed by atoms with Crippen LogP contribution in [0.5, 0.6) is 0 Å². The van der Waals surface area contributed by atoms with E-state index in [0.717, 1.165) is 12.1 Å². The minimum atomic E-state index is -4.17. The normalized spacial score (nSPS) is 12.4. The van der Waals surface area contributed by atoms with E-state index in [2.05, 4.69) is 5.32 Å². The molecule has 0 spiro atoms. The van der Waals surface area contributed by atoms with Gasteiger partial charge in [-0.25, -0.2) is 0 Å². The maximum absolute atomic E-state index is 12.1. The van der Waals surface area contributed by atoms with Gasteiger partial charge in [-0.1, -0.05) is 6.92 Å². The molecule has 1 N–H and O–H groups in total. The lowest BCUT2D eigenvalue weighted by Crippen LogP contribution is -2.30. The molecule has 1 heterocycles. The number of rotatable bonds is 6. The zero-order chi connectivity index (χ0) is 12.9. The molecule has 1 aromatic heterocycles. The van der Waals surface area contributed by atoms with Gasteiger partial charge in [0, 0.05) is 12.1 Å². The van der Waals surface area contributed by atoms with E-state index < -0.39 is 12.7 Å². The van der Waals surface area contributed by atoms with Crippen LogP contribution in [-0.2, 0) is 13.1 Å². The molecule has 0 aromatic carbocycles. The predicted molar refractivity (Wildman–Crippen MR) is 58.5 cm³/mol. The molecule has 3 nitrogen and oxygen atoms in total. The summed E-state index contributed by atoms with van der Waals surface area (Å²) >= 11 is 0. The average molecular weight is 250 g/mol. The molecule has 0 aliphatic rings. The number of hydrogen-bond acceptors (Lipinski definition) is 3. The molecule has 1 rings (SSSR count). The van der Waals surface area contributed by atoms with E-state index >= 15 is 0 Å². The lowest BCUT2D eigenvalue weighted by atomic mass is 10.3. The standard InChI is InChI=1S/C11H17F3N2O/c1-3-15-5-9-4-10(17-7-9)6-16(2)8-11(12,13)14/h4,7,15H,3,5-6,8H2,1-2H3. The summed E-state index contributed by atoms with van der Waals surface area (Å²) in [5, 5.41) is 3.12. The average Bonchev–Trinajstić information content (AvgIpc) is 2.59. The first kappa shape index (κ1) is 14.1. The van der Waals surface area contributed by atoms with Crippen LogP contribution in [-0.4, -0.2) is 31.2 Å². The highest BCUT2D eigenvalue weighted by Crippen LogP contribution is 2.17. The van der Waals surface area contributed by atoms with Crippen LogP contribution in [0.2, 0.25) is 0 Å². The first-order valence-electron chi connectivity index (χ1n) is 5.43. The van der Waals surface area contributed by atoms with Gasteiger partial charge in [-0.05, 0) is 19.7 Å². The summed E-state index contributed by atoms with van der Waals surface area (Å²) in [6, 6.07) is 1.77. The van der Waals surface area contributed by atoms with Gasteiger partial charge < -0.3 is 9.73 Å². The van der Waals surface area contributed by atoms with Crippen LogP contribution in [0.3, 0.4) is 0 Å². The summed E-state index contributed by atoms with van der Waals surface area (Å²) in [6.07, 6.45) is -2.60. The molecule has 98 valence electrons. The molecule has 0 aliphatic carbocycles. The van der Waals surface area contributed by atoms with Crippen LogP contribution < -0.4 is 5.32 Å². The zero-order valence-electron chi connectivity index (χ0n) is 9.97. The van der Waals surface area contributed by atoms with Crippen molar-refractivity contribution in [2.75, 3.05) is 20.1 Å². The smallest absolute Gasteiger partial charge is 0.401 e. The molecule has 0 aliphatic heterocycles. The van der Waals surface area contributed by atoms with E-state index in [1.54, 1.807) is 12.3 Å². The zero-order valence-corrected chi connectivity index (χ0v) is 9.97. The number of nitrogens with one attached hydrogen (secondary N) is 1. The molecule has 0 atom stereocenters. The molecule has 0 saturated heterocycles. The van der Waals surface area contributed by atoms with Gasteiger partial charge in [-0.3, -0.25) is 4.90 Å².